The van der Waals surface area contributed by atoms with Crippen LogP contribution in [0.25, 0.3) is 0 Å². The third kappa shape index (κ3) is 5.09. The van der Waals surface area contributed by atoms with E-state index >= 15 is 0 Å². The number of piperidine rings is 1. The lowest BCUT2D eigenvalue weighted by Gasteiger charge is -2.43. The van der Waals surface area contributed by atoms with Crippen molar-refractivity contribution in [3.63, 3.8) is 0 Å². The van der Waals surface area contributed by atoms with Gasteiger partial charge in [0, 0.05) is 39.4 Å². The molecular weight excluding hydrogens is 294 g/mol. The number of rotatable bonds is 8. The summed E-state index contributed by atoms with van der Waals surface area (Å²) in [6, 6.07) is 7.65. The molecule has 0 aromatic heterocycles. The summed E-state index contributed by atoms with van der Waals surface area (Å²) in [4.78, 5) is 2.35. The standard InChI is InChI=1S/C18H29NO4/c1-15-14-19(9-7-18(15,20)8-11-21-2)10-12-23-17-6-4-5-16(13-17)22-3/h4-6,13,15,20H,7-12,14H2,1-3H3/t15-,18-/m0/s1. The molecule has 0 amide bonds. The van der Waals surface area contributed by atoms with Gasteiger partial charge in [-0.05, 0) is 30.9 Å². The van der Waals surface area contributed by atoms with E-state index in [1.165, 1.54) is 0 Å². The first-order valence-corrected chi connectivity index (χ1v) is 8.28. The normalized spacial score (nSPS) is 25.3. The van der Waals surface area contributed by atoms with Crippen molar-refractivity contribution in [2.75, 3.05) is 47.1 Å². The number of hydrogen-bond donors (Lipinski definition) is 1. The summed E-state index contributed by atoms with van der Waals surface area (Å²) in [5.41, 5.74) is -0.597. The van der Waals surface area contributed by atoms with Crippen molar-refractivity contribution in [3.05, 3.63) is 24.3 Å². The molecule has 1 saturated heterocycles. The molecule has 1 aromatic carbocycles. The summed E-state index contributed by atoms with van der Waals surface area (Å²) < 4.78 is 16.1. The molecule has 1 aliphatic rings. The molecule has 1 heterocycles. The molecule has 5 heteroatoms. The highest BCUT2D eigenvalue weighted by atomic mass is 16.5. The van der Waals surface area contributed by atoms with Crippen LogP contribution in [0.15, 0.2) is 24.3 Å². The number of aliphatic hydroxyl groups is 1. The van der Waals surface area contributed by atoms with Gasteiger partial charge in [0.2, 0.25) is 0 Å². The summed E-state index contributed by atoms with van der Waals surface area (Å²) in [7, 11) is 3.33. The van der Waals surface area contributed by atoms with E-state index in [9.17, 15) is 5.11 Å². The predicted octanol–water partition coefficient (Wildman–Crippen LogP) is 2.18. The van der Waals surface area contributed by atoms with Crippen LogP contribution in [0.4, 0.5) is 0 Å². The molecule has 1 aromatic rings. The maximum atomic E-state index is 10.7. The lowest BCUT2D eigenvalue weighted by Crippen LogP contribution is -2.52. The van der Waals surface area contributed by atoms with E-state index in [1.807, 2.05) is 24.3 Å². The third-order valence-corrected chi connectivity index (χ3v) is 4.77. The summed E-state index contributed by atoms with van der Waals surface area (Å²) in [5.74, 6) is 1.87. The maximum Gasteiger partial charge on any atom is 0.123 e. The molecule has 1 fully saturated rings. The van der Waals surface area contributed by atoms with Crippen molar-refractivity contribution in [2.24, 2.45) is 5.92 Å². The summed E-state index contributed by atoms with van der Waals surface area (Å²) >= 11 is 0. The molecule has 0 radical (unpaired) electrons. The Morgan fingerprint density at radius 3 is 2.74 bits per heavy atom. The van der Waals surface area contributed by atoms with Gasteiger partial charge in [0.25, 0.3) is 0 Å². The van der Waals surface area contributed by atoms with Gasteiger partial charge < -0.3 is 19.3 Å². The van der Waals surface area contributed by atoms with Crippen molar-refractivity contribution in [2.45, 2.75) is 25.4 Å². The highest BCUT2D eigenvalue weighted by Crippen LogP contribution is 2.30. The van der Waals surface area contributed by atoms with Crippen LogP contribution >= 0.6 is 0 Å². The van der Waals surface area contributed by atoms with Crippen molar-refractivity contribution in [1.29, 1.82) is 0 Å². The van der Waals surface area contributed by atoms with E-state index in [2.05, 4.69) is 11.8 Å². The Morgan fingerprint density at radius 1 is 1.26 bits per heavy atom. The van der Waals surface area contributed by atoms with E-state index in [0.717, 1.165) is 37.6 Å². The van der Waals surface area contributed by atoms with E-state index in [0.29, 0.717) is 19.6 Å². The van der Waals surface area contributed by atoms with Crippen molar-refractivity contribution < 1.29 is 19.3 Å². The number of nitrogens with zero attached hydrogens (tertiary/aromatic N) is 1. The van der Waals surface area contributed by atoms with Crippen LogP contribution in [-0.4, -0.2) is 62.7 Å². The average molecular weight is 323 g/mol. The Labute approximate surface area is 139 Å². The Morgan fingerprint density at radius 2 is 2.04 bits per heavy atom. The lowest BCUT2D eigenvalue weighted by molar-refractivity contribution is -0.0823. The highest BCUT2D eigenvalue weighted by molar-refractivity contribution is 5.32. The van der Waals surface area contributed by atoms with Crippen LogP contribution < -0.4 is 9.47 Å². The van der Waals surface area contributed by atoms with Gasteiger partial charge in [0.15, 0.2) is 0 Å². The van der Waals surface area contributed by atoms with Crippen molar-refractivity contribution >= 4 is 0 Å². The van der Waals surface area contributed by atoms with E-state index in [-0.39, 0.29) is 5.92 Å². The fraction of sp³-hybridized carbons (Fsp3) is 0.667. The van der Waals surface area contributed by atoms with Crippen LogP contribution in [0, 0.1) is 5.92 Å². The molecule has 0 aliphatic carbocycles. The van der Waals surface area contributed by atoms with E-state index in [4.69, 9.17) is 14.2 Å². The van der Waals surface area contributed by atoms with Crippen LogP contribution in [0.3, 0.4) is 0 Å². The smallest absolute Gasteiger partial charge is 0.123 e. The summed E-state index contributed by atoms with van der Waals surface area (Å²) in [6.45, 7) is 6.01. The number of likely N-dealkylation sites (tertiary alicyclic amines) is 1. The molecule has 0 bridgehead atoms. The van der Waals surface area contributed by atoms with Crippen LogP contribution in [0.1, 0.15) is 19.8 Å². The first-order valence-electron chi connectivity index (χ1n) is 8.28. The molecule has 1 aliphatic heterocycles. The van der Waals surface area contributed by atoms with Gasteiger partial charge in [-0.3, -0.25) is 4.90 Å². The van der Waals surface area contributed by atoms with Gasteiger partial charge in [-0.1, -0.05) is 13.0 Å². The molecule has 2 rings (SSSR count). The summed E-state index contributed by atoms with van der Waals surface area (Å²) in [6.07, 6.45) is 1.50. The largest absolute Gasteiger partial charge is 0.497 e. The van der Waals surface area contributed by atoms with Crippen LogP contribution in [0.5, 0.6) is 11.5 Å². The van der Waals surface area contributed by atoms with Crippen LogP contribution in [0.2, 0.25) is 0 Å². The zero-order valence-electron chi connectivity index (χ0n) is 14.5. The van der Waals surface area contributed by atoms with Gasteiger partial charge in [-0.25, -0.2) is 0 Å². The van der Waals surface area contributed by atoms with Gasteiger partial charge in [-0.15, -0.1) is 0 Å². The number of hydrogen-bond acceptors (Lipinski definition) is 5. The fourth-order valence-corrected chi connectivity index (χ4v) is 3.08. The minimum absolute atomic E-state index is 0.239. The Balaban J connectivity index is 1.75. The first kappa shape index (κ1) is 18.0. The quantitative estimate of drug-likeness (QED) is 0.795. The fourth-order valence-electron chi connectivity index (χ4n) is 3.08. The molecule has 1 N–H and O–H groups in total. The van der Waals surface area contributed by atoms with E-state index in [1.54, 1.807) is 14.2 Å². The SMILES string of the molecule is COCC[C@@]1(O)CCN(CCOc2cccc(OC)c2)C[C@@H]1C. The zero-order valence-corrected chi connectivity index (χ0v) is 14.5. The Bertz CT molecular complexity index is 482. The molecule has 0 unspecified atom stereocenters. The second-order valence-corrected chi connectivity index (χ2v) is 6.33. The second kappa shape index (κ2) is 8.52. The van der Waals surface area contributed by atoms with Crippen LogP contribution in [-0.2, 0) is 4.74 Å². The van der Waals surface area contributed by atoms with Gasteiger partial charge >= 0.3 is 0 Å². The number of methoxy groups -OCH3 is 2. The summed E-state index contributed by atoms with van der Waals surface area (Å²) in [5, 5.41) is 10.7. The Kier molecular flexibility index (Phi) is 6.69. The first-order chi connectivity index (χ1) is 11.1. The minimum atomic E-state index is -0.597. The lowest BCUT2D eigenvalue weighted by atomic mass is 9.80. The molecule has 0 spiro atoms. The van der Waals surface area contributed by atoms with Crippen molar-refractivity contribution in [3.8, 4) is 11.5 Å². The second-order valence-electron chi connectivity index (χ2n) is 6.33. The minimum Gasteiger partial charge on any atom is -0.497 e. The van der Waals surface area contributed by atoms with E-state index < -0.39 is 5.60 Å². The number of ether oxygens (including phenoxy) is 3. The molecular formula is C18H29NO4. The topological polar surface area (TPSA) is 51.2 Å². The molecule has 2 atom stereocenters. The third-order valence-electron chi connectivity index (χ3n) is 4.77. The molecule has 130 valence electrons. The zero-order chi connectivity index (χ0) is 16.7. The molecule has 0 saturated carbocycles. The molecule has 23 heavy (non-hydrogen) atoms. The average Bonchev–Trinajstić information content (AvgIpc) is 2.57. The maximum absolute atomic E-state index is 10.7. The number of benzene rings is 1. The highest BCUT2D eigenvalue weighted by Gasteiger charge is 2.38. The van der Waals surface area contributed by atoms with Gasteiger partial charge in [0.1, 0.15) is 18.1 Å². The van der Waals surface area contributed by atoms with Crippen molar-refractivity contribution in [1.82, 2.24) is 4.90 Å². The predicted molar refractivity (Wildman–Crippen MR) is 90.2 cm³/mol. The molecule has 5 nitrogen and oxygen atoms in total. The Hall–Kier alpha value is -1.30. The van der Waals surface area contributed by atoms with Gasteiger partial charge in [0.05, 0.1) is 12.7 Å². The van der Waals surface area contributed by atoms with Gasteiger partial charge in [-0.2, -0.15) is 0 Å². The monoisotopic (exact) mass is 323 g/mol.